The minimum Gasteiger partial charge on any atom is -0.504 e. The Hall–Kier alpha value is -1.71. The van der Waals surface area contributed by atoms with Crippen molar-refractivity contribution in [3.8, 4) is 11.5 Å². The molecule has 1 aromatic carbocycles. The van der Waals surface area contributed by atoms with Crippen LogP contribution in [0.1, 0.15) is 37.0 Å². The number of hydrogen-bond acceptors (Lipinski definition) is 3. The van der Waals surface area contributed by atoms with Crippen LogP contribution in [0.5, 0.6) is 11.5 Å². The highest BCUT2D eigenvalue weighted by Gasteiger charge is 2.30. The summed E-state index contributed by atoms with van der Waals surface area (Å²) < 4.78 is 5.05. The third-order valence-corrected chi connectivity index (χ3v) is 3.49. The number of carbonyl (C=O) groups excluding carboxylic acids is 1. The van der Waals surface area contributed by atoms with E-state index in [1.807, 2.05) is 18.7 Å². The maximum atomic E-state index is 12.5. The van der Waals surface area contributed by atoms with Gasteiger partial charge in [-0.25, -0.2) is 0 Å². The fraction of sp³-hybridized carbons (Fsp3) is 0.533. The molecule has 0 radical (unpaired) electrons. The normalized spacial score (nSPS) is 14.5. The van der Waals surface area contributed by atoms with Crippen molar-refractivity contribution in [1.29, 1.82) is 0 Å². The van der Waals surface area contributed by atoms with E-state index in [2.05, 4.69) is 0 Å². The maximum absolute atomic E-state index is 12.5. The zero-order valence-electron chi connectivity index (χ0n) is 11.7. The van der Waals surface area contributed by atoms with Gasteiger partial charge in [-0.1, -0.05) is 6.07 Å². The number of methoxy groups -OCH3 is 1. The molecule has 104 valence electrons. The van der Waals surface area contributed by atoms with Crippen LogP contribution in [0.3, 0.4) is 0 Å². The molecule has 1 aliphatic rings. The Morgan fingerprint density at radius 3 is 2.68 bits per heavy atom. The Morgan fingerprint density at radius 1 is 1.47 bits per heavy atom. The molecule has 0 saturated heterocycles. The largest absolute Gasteiger partial charge is 0.504 e. The van der Waals surface area contributed by atoms with Crippen LogP contribution >= 0.6 is 0 Å². The van der Waals surface area contributed by atoms with Gasteiger partial charge in [0.15, 0.2) is 11.5 Å². The molecular formula is C15H21NO3. The molecule has 1 saturated carbocycles. The summed E-state index contributed by atoms with van der Waals surface area (Å²) in [5.41, 5.74) is 0.314. The molecule has 0 aromatic heterocycles. The molecule has 0 aliphatic heterocycles. The molecule has 0 heterocycles. The fourth-order valence-electron chi connectivity index (χ4n) is 2.12. The maximum Gasteiger partial charge on any atom is 0.257 e. The van der Waals surface area contributed by atoms with Gasteiger partial charge in [0, 0.05) is 12.6 Å². The van der Waals surface area contributed by atoms with Gasteiger partial charge in [0.25, 0.3) is 5.91 Å². The van der Waals surface area contributed by atoms with Gasteiger partial charge >= 0.3 is 0 Å². The van der Waals surface area contributed by atoms with E-state index in [1.165, 1.54) is 20.0 Å². The van der Waals surface area contributed by atoms with Gasteiger partial charge < -0.3 is 14.7 Å². The first kappa shape index (κ1) is 13.7. The van der Waals surface area contributed by atoms with E-state index in [0.717, 1.165) is 6.54 Å². The Morgan fingerprint density at radius 2 is 2.16 bits per heavy atom. The predicted octanol–water partition coefficient (Wildman–Crippen LogP) is 2.66. The topological polar surface area (TPSA) is 49.8 Å². The number of para-hydroxylation sites is 1. The smallest absolute Gasteiger partial charge is 0.257 e. The highest BCUT2D eigenvalue weighted by atomic mass is 16.5. The Balaban J connectivity index is 2.25. The summed E-state index contributed by atoms with van der Waals surface area (Å²) >= 11 is 0. The molecule has 0 unspecified atom stereocenters. The molecule has 4 nitrogen and oxygen atoms in total. The van der Waals surface area contributed by atoms with E-state index < -0.39 is 0 Å². The lowest BCUT2D eigenvalue weighted by molar-refractivity contribution is 0.0692. The van der Waals surface area contributed by atoms with Crippen LogP contribution in [0.2, 0.25) is 0 Å². The number of aromatic hydroxyl groups is 1. The van der Waals surface area contributed by atoms with Gasteiger partial charge in [-0.3, -0.25) is 4.79 Å². The van der Waals surface area contributed by atoms with Gasteiger partial charge in [0.2, 0.25) is 0 Å². The quantitative estimate of drug-likeness (QED) is 0.888. The van der Waals surface area contributed by atoms with E-state index in [0.29, 0.717) is 17.2 Å². The lowest BCUT2D eigenvalue weighted by Gasteiger charge is -2.27. The van der Waals surface area contributed by atoms with Crippen LogP contribution in [0.4, 0.5) is 0 Å². The predicted molar refractivity (Wildman–Crippen MR) is 73.6 cm³/mol. The van der Waals surface area contributed by atoms with Crippen molar-refractivity contribution in [2.24, 2.45) is 5.92 Å². The van der Waals surface area contributed by atoms with Crippen LogP contribution < -0.4 is 4.74 Å². The Bertz CT molecular complexity index is 466. The molecular weight excluding hydrogens is 242 g/mol. The SMILES string of the molecule is COc1cccc(C(=O)N(CC2CC2)C(C)C)c1O. The van der Waals surface area contributed by atoms with Crippen molar-refractivity contribution < 1.29 is 14.6 Å². The van der Waals surface area contributed by atoms with Gasteiger partial charge in [-0.15, -0.1) is 0 Å². The second-order valence-electron chi connectivity index (χ2n) is 5.35. The van der Waals surface area contributed by atoms with Crippen LogP contribution in [0, 0.1) is 5.92 Å². The van der Waals surface area contributed by atoms with Crippen molar-refractivity contribution >= 4 is 5.91 Å². The number of hydrogen-bond donors (Lipinski definition) is 1. The van der Waals surface area contributed by atoms with E-state index >= 15 is 0 Å². The first-order valence-electron chi connectivity index (χ1n) is 6.71. The summed E-state index contributed by atoms with van der Waals surface area (Å²) in [4.78, 5) is 14.4. The number of benzene rings is 1. The van der Waals surface area contributed by atoms with Crippen LogP contribution in [0.25, 0.3) is 0 Å². The molecule has 2 rings (SSSR count). The van der Waals surface area contributed by atoms with Crippen molar-refractivity contribution in [2.75, 3.05) is 13.7 Å². The molecule has 4 heteroatoms. The molecule has 0 atom stereocenters. The van der Waals surface area contributed by atoms with Crippen molar-refractivity contribution in [3.63, 3.8) is 0 Å². The lowest BCUT2D eigenvalue weighted by atomic mass is 10.1. The van der Waals surface area contributed by atoms with Gasteiger partial charge in [-0.05, 0) is 44.7 Å². The van der Waals surface area contributed by atoms with E-state index in [-0.39, 0.29) is 17.7 Å². The van der Waals surface area contributed by atoms with Gasteiger partial charge in [-0.2, -0.15) is 0 Å². The number of phenols is 1. The van der Waals surface area contributed by atoms with Crippen molar-refractivity contribution in [3.05, 3.63) is 23.8 Å². The standard InChI is InChI=1S/C15H21NO3/c1-10(2)16(9-11-7-8-11)15(18)12-5-4-6-13(19-3)14(12)17/h4-6,10-11,17H,7-9H2,1-3H3. The summed E-state index contributed by atoms with van der Waals surface area (Å²) in [7, 11) is 1.48. The number of nitrogens with zero attached hydrogens (tertiary/aromatic N) is 1. The number of carbonyl (C=O) groups is 1. The first-order chi connectivity index (χ1) is 9.04. The Labute approximate surface area is 114 Å². The van der Waals surface area contributed by atoms with Crippen LogP contribution in [-0.2, 0) is 0 Å². The highest BCUT2D eigenvalue weighted by molar-refractivity contribution is 5.97. The molecule has 19 heavy (non-hydrogen) atoms. The third kappa shape index (κ3) is 3.00. The first-order valence-corrected chi connectivity index (χ1v) is 6.71. The molecule has 1 amide bonds. The van der Waals surface area contributed by atoms with Crippen molar-refractivity contribution in [2.45, 2.75) is 32.7 Å². The van der Waals surface area contributed by atoms with E-state index in [4.69, 9.17) is 4.74 Å². The van der Waals surface area contributed by atoms with Crippen molar-refractivity contribution in [1.82, 2.24) is 4.90 Å². The summed E-state index contributed by atoms with van der Waals surface area (Å²) in [5, 5.41) is 10.1. The molecule has 1 aliphatic carbocycles. The highest BCUT2D eigenvalue weighted by Crippen LogP contribution is 2.33. The van der Waals surface area contributed by atoms with Crippen LogP contribution in [-0.4, -0.2) is 35.6 Å². The summed E-state index contributed by atoms with van der Waals surface area (Å²) in [6, 6.07) is 5.13. The van der Waals surface area contributed by atoms with E-state index in [9.17, 15) is 9.90 Å². The zero-order valence-corrected chi connectivity index (χ0v) is 11.7. The lowest BCUT2D eigenvalue weighted by Crippen LogP contribution is -2.38. The fourth-order valence-corrected chi connectivity index (χ4v) is 2.12. The summed E-state index contributed by atoms with van der Waals surface area (Å²) in [6.45, 7) is 4.77. The molecule has 0 spiro atoms. The second-order valence-corrected chi connectivity index (χ2v) is 5.35. The molecule has 1 fully saturated rings. The van der Waals surface area contributed by atoms with Gasteiger partial charge in [0.05, 0.1) is 12.7 Å². The minimum atomic E-state index is -0.127. The zero-order chi connectivity index (χ0) is 14.0. The average Bonchev–Trinajstić information content (AvgIpc) is 3.19. The molecule has 0 bridgehead atoms. The number of ether oxygens (including phenoxy) is 1. The monoisotopic (exact) mass is 263 g/mol. The average molecular weight is 263 g/mol. The Kier molecular flexibility index (Phi) is 3.98. The summed E-state index contributed by atoms with van der Waals surface area (Å²) in [6.07, 6.45) is 2.39. The number of amides is 1. The third-order valence-electron chi connectivity index (χ3n) is 3.49. The van der Waals surface area contributed by atoms with Gasteiger partial charge in [0.1, 0.15) is 0 Å². The number of phenolic OH excluding ortho intramolecular Hbond substituents is 1. The molecule has 1 N–H and O–H groups in total. The van der Waals surface area contributed by atoms with Crippen LogP contribution in [0.15, 0.2) is 18.2 Å². The van der Waals surface area contributed by atoms with E-state index in [1.54, 1.807) is 18.2 Å². The molecule has 1 aromatic rings. The summed E-state index contributed by atoms with van der Waals surface area (Å²) in [5.74, 6) is 0.759. The second kappa shape index (κ2) is 5.51. The number of rotatable bonds is 5. The minimum absolute atomic E-state index is 0.0727.